The molecule has 0 radical (unpaired) electrons. The molecule has 1 aliphatic rings. The van der Waals surface area contributed by atoms with Crippen LogP contribution in [0.3, 0.4) is 0 Å². The lowest BCUT2D eigenvalue weighted by molar-refractivity contribution is 0.661. The van der Waals surface area contributed by atoms with Crippen molar-refractivity contribution >= 4 is 112 Å². The van der Waals surface area contributed by atoms with Gasteiger partial charge in [0.1, 0.15) is 0 Å². The smallest absolute Gasteiger partial charge is 0.0462 e. The molecule has 67 heavy (non-hydrogen) atoms. The highest BCUT2D eigenvalue weighted by Gasteiger charge is 2.37. The molecule has 0 aliphatic heterocycles. The third-order valence-electron chi connectivity index (χ3n) is 14.2. The first-order chi connectivity index (χ1) is 33.0. The molecule has 1 nitrogen and oxygen atoms in total. The zero-order valence-corrected chi connectivity index (χ0v) is 39.2. The third-order valence-corrected chi connectivity index (χ3v) is 17.9. The van der Waals surface area contributed by atoms with E-state index in [9.17, 15) is 0 Å². The van der Waals surface area contributed by atoms with Gasteiger partial charge in [0.05, 0.1) is 0 Å². The third kappa shape index (κ3) is 5.86. The van der Waals surface area contributed by atoms with Crippen LogP contribution in [-0.2, 0) is 5.41 Å². The molecule has 0 spiro atoms. The average molecular weight is 906 g/mol. The minimum absolute atomic E-state index is 0.0771. The van der Waals surface area contributed by atoms with Gasteiger partial charge in [0.2, 0.25) is 0 Å². The van der Waals surface area contributed by atoms with E-state index < -0.39 is 0 Å². The highest BCUT2D eigenvalue weighted by atomic mass is 32.1. The molecule has 1 aliphatic carbocycles. The van der Waals surface area contributed by atoms with E-state index >= 15 is 0 Å². The number of fused-ring (bicyclic) bond motifs is 13. The molecule has 3 heterocycles. The van der Waals surface area contributed by atoms with Crippen molar-refractivity contribution in [2.75, 3.05) is 4.90 Å². The first-order valence-corrected chi connectivity index (χ1v) is 25.3. The van der Waals surface area contributed by atoms with Gasteiger partial charge in [-0.3, -0.25) is 0 Å². The molecule has 3 aromatic heterocycles. The monoisotopic (exact) mass is 905 g/mol. The van der Waals surface area contributed by atoms with E-state index in [0.717, 1.165) is 17.1 Å². The lowest BCUT2D eigenvalue weighted by Crippen LogP contribution is -2.14. The van der Waals surface area contributed by atoms with Gasteiger partial charge in [0, 0.05) is 94.1 Å². The molecule has 13 aromatic rings. The Kier molecular flexibility index (Phi) is 8.52. The van der Waals surface area contributed by atoms with E-state index in [0.29, 0.717) is 0 Å². The van der Waals surface area contributed by atoms with Crippen molar-refractivity contribution in [3.8, 4) is 44.5 Å². The van der Waals surface area contributed by atoms with Crippen molar-refractivity contribution in [2.24, 2.45) is 0 Å². The summed E-state index contributed by atoms with van der Waals surface area (Å²) in [5.41, 5.74) is 15.9. The van der Waals surface area contributed by atoms with Crippen LogP contribution in [0.15, 0.2) is 200 Å². The van der Waals surface area contributed by atoms with Gasteiger partial charge in [0.15, 0.2) is 0 Å². The summed E-state index contributed by atoms with van der Waals surface area (Å²) in [5.74, 6) is 0. The van der Waals surface area contributed by atoms with Crippen LogP contribution in [0, 0.1) is 12.1 Å². The number of nitrogens with zero attached hydrogens (tertiary/aromatic N) is 1. The Balaban J connectivity index is 0.874. The molecule has 0 unspecified atom stereocenters. The van der Waals surface area contributed by atoms with E-state index in [4.69, 9.17) is 0 Å². The first-order valence-electron chi connectivity index (χ1n) is 22.8. The molecular weight excluding hydrogens is 867 g/mol. The normalized spacial score (nSPS) is 12.9. The Morgan fingerprint density at radius 1 is 0.373 bits per heavy atom. The van der Waals surface area contributed by atoms with Gasteiger partial charge in [-0.05, 0) is 105 Å². The highest BCUT2D eigenvalue weighted by molar-refractivity contribution is 7.27. The fraction of sp³-hybridized carbons (Fsp3) is 0.0476. The molecule has 314 valence electrons. The topological polar surface area (TPSA) is 3.24 Å². The predicted octanol–water partition coefficient (Wildman–Crippen LogP) is 19.2. The second-order valence-electron chi connectivity index (χ2n) is 18.2. The minimum Gasteiger partial charge on any atom is -0.311 e. The SMILES string of the molecule is CC1(C)c2ccc#cc2-c2c1ccc1c2sc2c(-c3ccc(N(c4ccc(-c5cccc6c5sc5ccccc56)cc4)c4ccc(-c5cccc6c5sc5ccccc56)cc4)cc3)cccc21. The number of rotatable bonds is 6. The summed E-state index contributed by atoms with van der Waals surface area (Å²) in [4.78, 5) is 2.40. The van der Waals surface area contributed by atoms with E-state index in [1.807, 2.05) is 40.1 Å². The summed E-state index contributed by atoms with van der Waals surface area (Å²) < 4.78 is 7.96. The van der Waals surface area contributed by atoms with Gasteiger partial charge in [-0.2, -0.15) is 0 Å². The molecule has 4 heteroatoms. The highest BCUT2D eigenvalue weighted by Crippen LogP contribution is 2.54. The molecule has 0 fully saturated rings. The summed E-state index contributed by atoms with van der Waals surface area (Å²) >= 11 is 5.68. The number of hydrogen-bond acceptors (Lipinski definition) is 4. The molecule has 0 N–H and O–H groups in total. The molecule has 0 saturated carbocycles. The molecule has 0 amide bonds. The van der Waals surface area contributed by atoms with Crippen LogP contribution in [0.4, 0.5) is 17.1 Å². The maximum absolute atomic E-state index is 3.51. The van der Waals surface area contributed by atoms with Gasteiger partial charge in [-0.15, -0.1) is 34.0 Å². The minimum atomic E-state index is -0.0771. The van der Waals surface area contributed by atoms with Gasteiger partial charge < -0.3 is 4.90 Å². The van der Waals surface area contributed by atoms with Crippen LogP contribution in [-0.4, -0.2) is 0 Å². The molecule has 14 rings (SSSR count). The van der Waals surface area contributed by atoms with Crippen molar-refractivity contribution in [1.82, 2.24) is 0 Å². The predicted molar refractivity (Wildman–Crippen MR) is 291 cm³/mol. The van der Waals surface area contributed by atoms with Gasteiger partial charge in [-0.25, -0.2) is 0 Å². The Morgan fingerprint density at radius 3 is 1.31 bits per heavy atom. The number of hydrogen-bond donors (Lipinski definition) is 0. The van der Waals surface area contributed by atoms with Crippen molar-refractivity contribution in [1.29, 1.82) is 0 Å². The summed E-state index contributed by atoms with van der Waals surface area (Å²) in [5, 5.41) is 7.89. The van der Waals surface area contributed by atoms with Crippen molar-refractivity contribution < 1.29 is 0 Å². The maximum atomic E-state index is 3.51. The largest absolute Gasteiger partial charge is 0.311 e. The van der Waals surface area contributed by atoms with Gasteiger partial charge in [0.25, 0.3) is 0 Å². The fourth-order valence-electron chi connectivity index (χ4n) is 10.9. The second-order valence-corrected chi connectivity index (χ2v) is 21.3. The zero-order valence-electron chi connectivity index (χ0n) is 36.7. The Hall–Kier alpha value is -7.52. The summed E-state index contributed by atoms with van der Waals surface area (Å²) in [7, 11) is 0. The zero-order chi connectivity index (χ0) is 44.4. The van der Waals surface area contributed by atoms with E-state index in [-0.39, 0.29) is 5.41 Å². The Labute approximate surface area is 401 Å². The van der Waals surface area contributed by atoms with Crippen LogP contribution in [0.1, 0.15) is 25.0 Å². The van der Waals surface area contributed by atoms with Crippen LogP contribution >= 0.6 is 34.0 Å². The first kappa shape index (κ1) is 38.7. The Bertz CT molecular complexity index is 3950. The van der Waals surface area contributed by atoms with Crippen LogP contribution in [0.25, 0.3) is 105 Å². The van der Waals surface area contributed by atoms with E-state index in [1.165, 1.54) is 116 Å². The number of thiophene rings is 3. The molecule has 0 saturated heterocycles. The molecule has 0 bridgehead atoms. The molecule has 10 aromatic carbocycles. The lowest BCUT2D eigenvalue weighted by atomic mass is 9.82. The van der Waals surface area contributed by atoms with E-state index in [1.54, 1.807) is 0 Å². The van der Waals surface area contributed by atoms with Crippen LogP contribution in [0.5, 0.6) is 0 Å². The second kappa shape index (κ2) is 14.7. The van der Waals surface area contributed by atoms with Gasteiger partial charge >= 0.3 is 0 Å². The van der Waals surface area contributed by atoms with E-state index in [2.05, 4.69) is 225 Å². The average Bonchev–Trinajstić information content (AvgIpc) is 4.13. The fourth-order valence-corrected chi connectivity index (χ4v) is 14.7. The Morgan fingerprint density at radius 2 is 0.806 bits per heavy atom. The van der Waals surface area contributed by atoms with Gasteiger partial charge in [-0.1, -0.05) is 166 Å². The van der Waals surface area contributed by atoms with Crippen LogP contribution < -0.4 is 4.90 Å². The summed E-state index contributed by atoms with van der Waals surface area (Å²) in [6.07, 6.45) is 0. The lowest BCUT2D eigenvalue weighted by Gasteiger charge is -2.26. The van der Waals surface area contributed by atoms with Crippen molar-refractivity contribution in [3.05, 3.63) is 223 Å². The maximum Gasteiger partial charge on any atom is 0.0462 e. The number of anilines is 3. The molecule has 0 atom stereocenters. The summed E-state index contributed by atoms with van der Waals surface area (Å²) in [6.45, 7) is 4.67. The molecular formula is C63H39NS3. The van der Waals surface area contributed by atoms with Crippen LogP contribution in [0.2, 0.25) is 0 Å². The quantitative estimate of drug-likeness (QED) is 0.161. The van der Waals surface area contributed by atoms with Crippen molar-refractivity contribution in [2.45, 2.75) is 19.3 Å². The standard InChI is InChI=1S/C63H39NS3/c1-63(2)54-21-6-3-14-53(54)58-55(63)37-36-52-51-20-11-17-46(61(51)67-62(52)58)40-28-34-43(35-29-40)64(41-30-24-38(25-31-41)44-15-9-18-49-47-12-4-7-22-56(47)65-59(44)49)42-32-26-39(27-33-42)45-16-10-19-50-48-13-5-8-23-57(48)66-60(45)50/h4-13,15-37H,1-2H3. The number of benzene rings is 9. The van der Waals surface area contributed by atoms with Crippen molar-refractivity contribution in [3.63, 3.8) is 0 Å². The summed E-state index contributed by atoms with van der Waals surface area (Å²) in [6, 6.07) is 80.9.